The van der Waals surface area contributed by atoms with E-state index in [-0.39, 0.29) is 17.2 Å². The number of non-ortho nitro benzene ring substituents is 1. The van der Waals surface area contributed by atoms with Gasteiger partial charge >= 0.3 is 5.76 Å². The van der Waals surface area contributed by atoms with E-state index in [2.05, 4.69) is 5.32 Å². The van der Waals surface area contributed by atoms with Gasteiger partial charge in [-0.15, -0.1) is 0 Å². The van der Waals surface area contributed by atoms with Crippen LogP contribution in [0.1, 0.15) is 19.3 Å². The zero-order valence-corrected chi connectivity index (χ0v) is 14.4. The van der Waals surface area contributed by atoms with Crippen LogP contribution in [0.25, 0.3) is 11.1 Å². The van der Waals surface area contributed by atoms with Crippen LogP contribution >= 0.6 is 0 Å². The van der Waals surface area contributed by atoms with Crippen LogP contribution in [0.2, 0.25) is 0 Å². The van der Waals surface area contributed by atoms with Crippen molar-refractivity contribution in [1.82, 2.24) is 14.8 Å². The van der Waals surface area contributed by atoms with E-state index in [1.165, 1.54) is 22.8 Å². The number of rotatable bonds is 9. The quantitative estimate of drug-likeness (QED) is 0.415. The molecule has 0 bridgehead atoms. The van der Waals surface area contributed by atoms with Crippen LogP contribution in [0.15, 0.2) is 27.4 Å². The van der Waals surface area contributed by atoms with Crippen LogP contribution in [-0.4, -0.2) is 47.5 Å². The van der Waals surface area contributed by atoms with Crippen LogP contribution in [-0.2, 0) is 11.3 Å². The Balaban J connectivity index is 1.88. The highest BCUT2D eigenvalue weighted by atomic mass is 16.6. The summed E-state index contributed by atoms with van der Waals surface area (Å²) in [6.45, 7) is 1.84. The van der Waals surface area contributed by atoms with Gasteiger partial charge in [-0.25, -0.2) is 4.79 Å². The van der Waals surface area contributed by atoms with Crippen LogP contribution in [0.4, 0.5) is 5.69 Å². The maximum absolute atomic E-state index is 11.9. The number of hydrogen-bond donors (Lipinski definition) is 1. The van der Waals surface area contributed by atoms with Gasteiger partial charge in [0.25, 0.3) is 5.69 Å². The number of aromatic nitrogens is 1. The molecule has 1 amide bonds. The summed E-state index contributed by atoms with van der Waals surface area (Å²) >= 11 is 0. The second kappa shape index (κ2) is 8.43. The van der Waals surface area contributed by atoms with Crippen molar-refractivity contribution < 1.29 is 14.1 Å². The van der Waals surface area contributed by atoms with Gasteiger partial charge in [-0.3, -0.25) is 19.5 Å². The van der Waals surface area contributed by atoms with Gasteiger partial charge in [-0.2, -0.15) is 0 Å². The minimum absolute atomic E-state index is 0.0600. The normalized spacial score (nSPS) is 11.2. The highest BCUT2D eigenvalue weighted by Gasteiger charge is 2.14. The Labute approximate surface area is 144 Å². The Hall–Kier alpha value is -2.68. The molecule has 1 aromatic carbocycles. The molecule has 0 spiro atoms. The van der Waals surface area contributed by atoms with Gasteiger partial charge in [-0.1, -0.05) is 0 Å². The number of carbonyl (C=O) groups is 1. The molecule has 0 fully saturated rings. The molecule has 136 valence electrons. The molecule has 0 aliphatic heterocycles. The van der Waals surface area contributed by atoms with Crippen molar-refractivity contribution in [2.75, 3.05) is 27.2 Å². The van der Waals surface area contributed by atoms with Crippen molar-refractivity contribution >= 4 is 22.7 Å². The Bertz CT molecular complexity index is 808. The van der Waals surface area contributed by atoms with E-state index in [0.717, 1.165) is 13.0 Å². The smallest absolute Gasteiger partial charge is 0.407 e. The Morgan fingerprint density at radius 2 is 2.12 bits per heavy atom. The molecule has 9 heteroatoms. The molecule has 0 saturated heterocycles. The highest BCUT2D eigenvalue weighted by Crippen LogP contribution is 2.20. The first-order valence-corrected chi connectivity index (χ1v) is 8.07. The summed E-state index contributed by atoms with van der Waals surface area (Å²) in [6.07, 6.45) is 1.66. The van der Waals surface area contributed by atoms with E-state index < -0.39 is 10.7 Å². The van der Waals surface area contributed by atoms with Crippen molar-refractivity contribution in [2.45, 2.75) is 25.8 Å². The predicted octanol–water partition coefficient (Wildman–Crippen LogP) is 1.35. The first-order chi connectivity index (χ1) is 11.9. The van der Waals surface area contributed by atoms with Gasteiger partial charge in [0.15, 0.2) is 5.58 Å². The van der Waals surface area contributed by atoms with Gasteiger partial charge in [0.1, 0.15) is 0 Å². The largest absolute Gasteiger partial charge is 0.419 e. The topological polar surface area (TPSA) is 111 Å². The van der Waals surface area contributed by atoms with Crippen LogP contribution in [0, 0.1) is 10.1 Å². The summed E-state index contributed by atoms with van der Waals surface area (Å²) in [5.41, 5.74) is 0.528. The number of aryl methyl sites for hydroxylation is 1. The summed E-state index contributed by atoms with van der Waals surface area (Å²) in [5.74, 6) is -0.642. The molecule has 0 aliphatic carbocycles. The molecular weight excluding hydrogens is 328 g/mol. The number of carbonyl (C=O) groups excluding carboxylic acids is 1. The molecule has 2 aromatic rings. The third-order valence-electron chi connectivity index (χ3n) is 3.75. The summed E-state index contributed by atoms with van der Waals surface area (Å²) < 4.78 is 6.43. The van der Waals surface area contributed by atoms with Crippen molar-refractivity contribution in [3.63, 3.8) is 0 Å². The van der Waals surface area contributed by atoms with E-state index in [4.69, 9.17) is 4.42 Å². The Morgan fingerprint density at radius 1 is 1.36 bits per heavy atom. The molecule has 0 unspecified atom stereocenters. The molecule has 25 heavy (non-hydrogen) atoms. The zero-order valence-electron chi connectivity index (χ0n) is 14.4. The first-order valence-electron chi connectivity index (χ1n) is 8.07. The SMILES string of the molecule is CN(C)CCCNC(=O)CCCn1c(=O)oc2cc([N+](=O)[O-])ccc21. The Morgan fingerprint density at radius 3 is 2.80 bits per heavy atom. The second-order valence-electron chi connectivity index (χ2n) is 6.04. The summed E-state index contributed by atoms with van der Waals surface area (Å²) in [4.78, 5) is 35.9. The average Bonchev–Trinajstić information content (AvgIpc) is 2.86. The van der Waals surface area contributed by atoms with E-state index in [1.54, 1.807) is 0 Å². The number of nitro benzene ring substituents is 1. The summed E-state index contributed by atoms with van der Waals surface area (Å²) in [6, 6.07) is 4.04. The molecule has 1 aromatic heterocycles. The third kappa shape index (κ3) is 5.15. The number of nitrogens with zero attached hydrogens (tertiary/aromatic N) is 3. The molecule has 1 heterocycles. The molecule has 0 aliphatic rings. The number of nitrogens with one attached hydrogen (secondary N) is 1. The summed E-state index contributed by atoms with van der Waals surface area (Å²) in [5, 5.41) is 13.6. The van der Waals surface area contributed by atoms with Crippen molar-refractivity contribution in [2.24, 2.45) is 0 Å². The summed E-state index contributed by atoms with van der Waals surface area (Å²) in [7, 11) is 3.95. The minimum atomic E-state index is -0.582. The van der Waals surface area contributed by atoms with Gasteiger partial charge in [0.05, 0.1) is 16.5 Å². The second-order valence-corrected chi connectivity index (χ2v) is 6.04. The fraction of sp³-hybridized carbons (Fsp3) is 0.500. The number of amides is 1. The van der Waals surface area contributed by atoms with Gasteiger partial charge < -0.3 is 14.6 Å². The van der Waals surface area contributed by atoms with Gasteiger partial charge in [0.2, 0.25) is 5.91 Å². The maximum atomic E-state index is 11.9. The fourth-order valence-corrected chi connectivity index (χ4v) is 2.49. The average molecular weight is 350 g/mol. The third-order valence-corrected chi connectivity index (χ3v) is 3.75. The number of benzene rings is 1. The molecular formula is C16H22N4O5. The predicted molar refractivity (Wildman–Crippen MR) is 92.5 cm³/mol. The zero-order chi connectivity index (χ0) is 18.4. The van der Waals surface area contributed by atoms with E-state index in [1.807, 2.05) is 19.0 Å². The molecule has 0 radical (unpaired) electrons. The fourth-order valence-electron chi connectivity index (χ4n) is 2.49. The lowest BCUT2D eigenvalue weighted by molar-refractivity contribution is -0.384. The monoisotopic (exact) mass is 350 g/mol. The minimum Gasteiger partial charge on any atom is -0.407 e. The number of fused-ring (bicyclic) bond motifs is 1. The molecule has 0 saturated carbocycles. The lowest BCUT2D eigenvalue weighted by Crippen LogP contribution is -2.27. The number of hydrogen-bond acceptors (Lipinski definition) is 6. The molecule has 0 atom stereocenters. The van der Waals surface area contributed by atoms with E-state index >= 15 is 0 Å². The van der Waals surface area contributed by atoms with Crippen molar-refractivity contribution in [3.8, 4) is 0 Å². The van der Waals surface area contributed by atoms with E-state index in [9.17, 15) is 19.7 Å². The van der Waals surface area contributed by atoms with Crippen LogP contribution in [0.3, 0.4) is 0 Å². The molecule has 2 rings (SSSR count). The molecule has 9 nitrogen and oxygen atoms in total. The van der Waals surface area contributed by atoms with Crippen LogP contribution < -0.4 is 11.1 Å². The lowest BCUT2D eigenvalue weighted by Gasteiger charge is -2.09. The highest BCUT2D eigenvalue weighted by molar-refractivity contribution is 5.76. The number of nitro groups is 1. The number of oxazole rings is 1. The maximum Gasteiger partial charge on any atom is 0.419 e. The standard InChI is InChI=1S/C16H22N4O5/c1-18(2)9-4-8-17-15(21)5-3-10-19-13-7-6-12(20(23)24)11-14(13)25-16(19)22/h6-7,11H,3-5,8-10H2,1-2H3,(H,17,21). The first kappa shape index (κ1) is 18.7. The van der Waals surface area contributed by atoms with Crippen LogP contribution in [0.5, 0.6) is 0 Å². The van der Waals surface area contributed by atoms with Crippen molar-refractivity contribution in [1.29, 1.82) is 0 Å². The Kier molecular flexibility index (Phi) is 6.29. The molecule has 1 N–H and O–H groups in total. The van der Waals surface area contributed by atoms with E-state index in [0.29, 0.717) is 31.4 Å². The van der Waals surface area contributed by atoms with Gasteiger partial charge in [0, 0.05) is 25.6 Å². The van der Waals surface area contributed by atoms with Gasteiger partial charge in [-0.05, 0) is 39.5 Å². The lowest BCUT2D eigenvalue weighted by atomic mass is 10.2. The van der Waals surface area contributed by atoms with Crippen molar-refractivity contribution in [3.05, 3.63) is 38.9 Å².